The lowest BCUT2D eigenvalue weighted by Gasteiger charge is -2.40. The van der Waals surface area contributed by atoms with Crippen LogP contribution in [0.1, 0.15) is 36.9 Å². The van der Waals surface area contributed by atoms with Gasteiger partial charge in [0.1, 0.15) is 12.9 Å². The highest BCUT2D eigenvalue weighted by Gasteiger charge is 2.33. The molecule has 3 rings (SSSR count). The molecule has 1 aromatic carbocycles. The molecule has 2 aromatic rings. The van der Waals surface area contributed by atoms with Gasteiger partial charge in [0.05, 0.1) is 6.04 Å². The predicted molar refractivity (Wildman–Crippen MR) is 91.5 cm³/mol. The molecule has 0 aliphatic carbocycles. The van der Waals surface area contributed by atoms with E-state index in [2.05, 4.69) is 43.2 Å². The summed E-state index contributed by atoms with van der Waals surface area (Å²) in [5, 5.41) is 4.00. The summed E-state index contributed by atoms with van der Waals surface area (Å²) >= 11 is 0. The Bertz CT molecular complexity index is 775. The minimum atomic E-state index is -0.264. The van der Waals surface area contributed by atoms with Gasteiger partial charge in [0.25, 0.3) is 0 Å². The molecule has 1 amide bonds. The van der Waals surface area contributed by atoms with Gasteiger partial charge in [-0.05, 0) is 31.2 Å². The molecule has 0 unspecified atom stereocenters. The quantitative estimate of drug-likeness (QED) is 0.864. The normalized spacial score (nSPS) is 21.0. The van der Waals surface area contributed by atoms with Gasteiger partial charge >= 0.3 is 5.69 Å². The van der Waals surface area contributed by atoms with Gasteiger partial charge in [-0.1, -0.05) is 36.8 Å². The fraction of sp³-hybridized carbons (Fsp3) is 0.500. The molecule has 6 heteroatoms. The highest BCUT2D eigenvalue weighted by Crippen LogP contribution is 2.36. The molecule has 2 atom stereocenters. The molecular formula is C18H24N4O2. The smallest absolute Gasteiger partial charge is 0.334 e. The van der Waals surface area contributed by atoms with Crippen LogP contribution in [0.4, 0.5) is 0 Å². The zero-order chi connectivity index (χ0) is 17.3. The maximum Gasteiger partial charge on any atom is 0.345 e. The molecule has 0 radical (unpaired) electrons. The first-order valence-corrected chi connectivity index (χ1v) is 8.42. The summed E-state index contributed by atoms with van der Waals surface area (Å²) < 4.78 is 2.61. The Morgan fingerprint density at radius 2 is 2.00 bits per heavy atom. The first-order chi connectivity index (χ1) is 11.5. The van der Waals surface area contributed by atoms with Crippen molar-refractivity contribution in [3.05, 3.63) is 52.2 Å². The zero-order valence-electron chi connectivity index (χ0n) is 14.5. The molecule has 0 spiro atoms. The summed E-state index contributed by atoms with van der Waals surface area (Å²) in [4.78, 5) is 26.7. The number of carbonyl (C=O) groups is 1. The number of aryl methyl sites for hydroxylation is 2. The Morgan fingerprint density at radius 3 is 2.62 bits per heavy atom. The van der Waals surface area contributed by atoms with Crippen LogP contribution >= 0.6 is 0 Å². The second-order valence-corrected chi connectivity index (χ2v) is 6.74. The van der Waals surface area contributed by atoms with E-state index in [0.29, 0.717) is 5.92 Å². The first kappa shape index (κ1) is 16.5. The van der Waals surface area contributed by atoms with E-state index in [9.17, 15) is 9.59 Å². The van der Waals surface area contributed by atoms with Crippen molar-refractivity contribution in [1.82, 2.24) is 19.2 Å². The molecule has 24 heavy (non-hydrogen) atoms. The molecule has 1 fully saturated rings. The molecule has 128 valence electrons. The van der Waals surface area contributed by atoms with Gasteiger partial charge in [0.15, 0.2) is 0 Å². The maximum atomic E-state index is 12.8. The summed E-state index contributed by atoms with van der Waals surface area (Å²) in [7, 11) is 1.63. The van der Waals surface area contributed by atoms with Crippen molar-refractivity contribution in [3.63, 3.8) is 0 Å². The lowest BCUT2D eigenvalue weighted by atomic mass is 9.85. The Labute approximate surface area is 141 Å². The van der Waals surface area contributed by atoms with E-state index in [1.807, 2.05) is 4.90 Å². The summed E-state index contributed by atoms with van der Waals surface area (Å²) in [6.45, 7) is 4.97. The van der Waals surface area contributed by atoms with Gasteiger partial charge < -0.3 is 4.90 Å². The van der Waals surface area contributed by atoms with E-state index in [0.717, 1.165) is 24.9 Å². The topological polar surface area (TPSA) is 60.1 Å². The van der Waals surface area contributed by atoms with Crippen LogP contribution in [0.5, 0.6) is 0 Å². The van der Waals surface area contributed by atoms with Gasteiger partial charge in [0, 0.05) is 13.6 Å². The van der Waals surface area contributed by atoms with Crippen molar-refractivity contribution >= 4 is 5.91 Å². The maximum absolute atomic E-state index is 12.8. The van der Waals surface area contributed by atoms with Crippen LogP contribution in [0.15, 0.2) is 35.4 Å². The highest BCUT2D eigenvalue weighted by atomic mass is 16.2. The van der Waals surface area contributed by atoms with Crippen molar-refractivity contribution in [3.8, 4) is 0 Å². The van der Waals surface area contributed by atoms with Crippen LogP contribution in [-0.2, 0) is 18.4 Å². The number of hydrogen-bond donors (Lipinski definition) is 0. The van der Waals surface area contributed by atoms with Crippen LogP contribution in [0, 0.1) is 12.8 Å². The highest BCUT2D eigenvalue weighted by molar-refractivity contribution is 5.76. The zero-order valence-corrected chi connectivity index (χ0v) is 14.5. The van der Waals surface area contributed by atoms with E-state index in [4.69, 9.17) is 0 Å². The number of piperidine rings is 1. The van der Waals surface area contributed by atoms with Gasteiger partial charge in [0.2, 0.25) is 5.91 Å². The van der Waals surface area contributed by atoms with Crippen LogP contribution in [-0.4, -0.2) is 31.7 Å². The predicted octanol–water partition coefficient (Wildman–Crippen LogP) is 1.89. The lowest BCUT2D eigenvalue weighted by molar-refractivity contribution is -0.137. The SMILES string of the molecule is Cc1ccc([C@H]2[C@H](C)CCCN2C(=O)Cn2ncn(C)c2=O)cc1. The Balaban J connectivity index is 1.85. The van der Waals surface area contributed by atoms with E-state index in [1.165, 1.54) is 21.1 Å². The number of amides is 1. The summed E-state index contributed by atoms with van der Waals surface area (Å²) in [5.74, 6) is 0.346. The summed E-state index contributed by atoms with van der Waals surface area (Å²) in [6, 6.07) is 8.45. The fourth-order valence-corrected chi connectivity index (χ4v) is 3.49. The molecule has 1 aliphatic rings. The van der Waals surface area contributed by atoms with Crippen LogP contribution in [0.3, 0.4) is 0 Å². The van der Waals surface area contributed by atoms with Gasteiger partial charge in [-0.15, -0.1) is 0 Å². The minimum Gasteiger partial charge on any atom is -0.334 e. The minimum absolute atomic E-state index is 0.00520. The number of likely N-dealkylation sites (tertiary alicyclic amines) is 1. The van der Waals surface area contributed by atoms with Gasteiger partial charge in [-0.2, -0.15) is 5.10 Å². The van der Waals surface area contributed by atoms with Crippen molar-refractivity contribution < 1.29 is 4.79 Å². The van der Waals surface area contributed by atoms with Gasteiger partial charge in [-0.3, -0.25) is 9.36 Å². The van der Waals surface area contributed by atoms with Crippen molar-refractivity contribution in [2.24, 2.45) is 13.0 Å². The number of carbonyl (C=O) groups excluding carboxylic acids is 1. The average Bonchev–Trinajstić information content (AvgIpc) is 2.88. The third-order valence-electron chi connectivity index (χ3n) is 4.84. The molecular weight excluding hydrogens is 304 g/mol. The second-order valence-electron chi connectivity index (χ2n) is 6.74. The Kier molecular flexibility index (Phi) is 4.55. The van der Waals surface area contributed by atoms with Crippen LogP contribution in [0.2, 0.25) is 0 Å². The van der Waals surface area contributed by atoms with Crippen molar-refractivity contribution in [2.75, 3.05) is 6.54 Å². The number of benzene rings is 1. The van der Waals surface area contributed by atoms with Crippen molar-refractivity contribution in [1.29, 1.82) is 0 Å². The third kappa shape index (κ3) is 3.13. The summed E-state index contributed by atoms with van der Waals surface area (Å²) in [5.41, 5.74) is 2.11. The molecule has 2 heterocycles. The first-order valence-electron chi connectivity index (χ1n) is 8.42. The number of hydrogen-bond acceptors (Lipinski definition) is 3. The lowest BCUT2D eigenvalue weighted by Crippen LogP contribution is -2.44. The van der Waals surface area contributed by atoms with Gasteiger partial charge in [-0.25, -0.2) is 9.48 Å². The molecule has 1 aromatic heterocycles. The van der Waals surface area contributed by atoms with E-state index < -0.39 is 0 Å². The van der Waals surface area contributed by atoms with E-state index in [1.54, 1.807) is 7.05 Å². The largest absolute Gasteiger partial charge is 0.345 e. The molecule has 1 aliphatic heterocycles. The van der Waals surface area contributed by atoms with E-state index in [-0.39, 0.29) is 24.2 Å². The number of aromatic nitrogens is 3. The number of rotatable bonds is 3. The number of nitrogens with zero attached hydrogens (tertiary/aromatic N) is 4. The van der Waals surface area contributed by atoms with Crippen LogP contribution in [0.25, 0.3) is 0 Å². The fourth-order valence-electron chi connectivity index (χ4n) is 3.49. The molecule has 1 saturated heterocycles. The summed E-state index contributed by atoms with van der Waals surface area (Å²) in [6.07, 6.45) is 3.53. The standard InChI is InChI=1S/C18H24N4O2/c1-13-6-8-15(9-7-13)17-14(2)5-4-10-21(17)16(23)11-22-18(24)20(3)12-19-22/h6-9,12,14,17H,4-5,10-11H2,1-3H3/t14-,17-/m1/s1. The Morgan fingerprint density at radius 1 is 1.29 bits per heavy atom. The van der Waals surface area contributed by atoms with Crippen molar-refractivity contribution in [2.45, 2.75) is 39.3 Å². The van der Waals surface area contributed by atoms with E-state index >= 15 is 0 Å². The second kappa shape index (κ2) is 6.63. The Hall–Kier alpha value is -2.37. The molecule has 0 bridgehead atoms. The average molecular weight is 328 g/mol. The molecule has 6 nitrogen and oxygen atoms in total. The van der Waals surface area contributed by atoms with Crippen LogP contribution < -0.4 is 5.69 Å². The molecule has 0 N–H and O–H groups in total. The molecule has 0 saturated carbocycles. The third-order valence-corrected chi connectivity index (χ3v) is 4.84. The monoisotopic (exact) mass is 328 g/mol.